The van der Waals surface area contributed by atoms with Crippen LogP contribution in [-0.4, -0.2) is 34.6 Å². The number of fused-ring (bicyclic) bond motifs is 2. The Labute approximate surface area is 258 Å². The Balaban J connectivity index is 1.22. The topological polar surface area (TPSA) is 109 Å². The van der Waals surface area contributed by atoms with Crippen molar-refractivity contribution in [2.75, 3.05) is 16.8 Å². The summed E-state index contributed by atoms with van der Waals surface area (Å²) in [5.74, 6) is -2.64. The number of ether oxygens (including phenoxy) is 1. The highest BCUT2D eigenvalue weighted by Crippen LogP contribution is 2.53. The van der Waals surface area contributed by atoms with Crippen molar-refractivity contribution in [3.05, 3.63) is 103 Å². The lowest BCUT2D eigenvalue weighted by Gasteiger charge is -2.29. The predicted molar refractivity (Wildman–Crippen MR) is 159 cm³/mol. The zero-order valence-corrected chi connectivity index (χ0v) is 24.9. The molecule has 43 heavy (non-hydrogen) atoms. The third-order valence-corrected chi connectivity index (χ3v) is 9.95. The fourth-order valence-corrected chi connectivity index (χ4v) is 7.95. The summed E-state index contributed by atoms with van der Waals surface area (Å²) in [5.41, 5.74) is -0.246. The zero-order valence-electron chi connectivity index (χ0n) is 21.7. The van der Waals surface area contributed by atoms with E-state index in [1.165, 1.54) is 28.8 Å². The summed E-state index contributed by atoms with van der Waals surface area (Å²) in [6, 6.07) is 18.0. The number of H-pyrrole nitrogens is 1. The van der Waals surface area contributed by atoms with Crippen LogP contribution in [0.1, 0.15) is 21.9 Å². The Bertz CT molecular complexity index is 1790. The monoisotopic (exact) mass is 689 g/mol. The number of anilines is 2. The fourth-order valence-electron chi connectivity index (χ4n) is 5.17. The number of carbonyl (C=O) groups excluding carboxylic acids is 3. The van der Waals surface area contributed by atoms with Gasteiger partial charge < -0.3 is 15.0 Å². The van der Waals surface area contributed by atoms with E-state index in [4.69, 9.17) is 4.74 Å². The molecule has 14 heteroatoms. The molecule has 3 aromatic carbocycles. The third kappa shape index (κ3) is 5.61. The number of rotatable bonds is 6. The van der Waals surface area contributed by atoms with Crippen LogP contribution in [0, 0.1) is 5.92 Å². The predicted octanol–water partition coefficient (Wildman–Crippen LogP) is 6.03. The summed E-state index contributed by atoms with van der Waals surface area (Å²) >= 11 is 5.51. The Morgan fingerprint density at radius 2 is 1.67 bits per heavy atom. The number of halogens is 4. The van der Waals surface area contributed by atoms with Gasteiger partial charge in [0.05, 0.1) is 27.9 Å². The van der Waals surface area contributed by atoms with Gasteiger partial charge in [0.25, 0.3) is 5.91 Å². The highest BCUT2D eigenvalue weighted by molar-refractivity contribution is 9.10. The van der Waals surface area contributed by atoms with Gasteiger partial charge in [-0.25, -0.2) is 4.90 Å². The lowest BCUT2D eigenvalue weighted by Crippen LogP contribution is -2.32. The number of imide groups is 1. The van der Waals surface area contributed by atoms with Crippen LogP contribution in [-0.2, 0) is 20.6 Å². The third-order valence-electron chi connectivity index (χ3n) is 7.02. The largest absolute Gasteiger partial charge is 0.484 e. The molecule has 0 unspecified atom stereocenters. The molecule has 8 nitrogen and oxygen atoms in total. The maximum atomic E-state index is 13.8. The van der Waals surface area contributed by atoms with Crippen LogP contribution < -0.4 is 19.8 Å². The van der Waals surface area contributed by atoms with E-state index in [0.29, 0.717) is 21.2 Å². The average molecular weight is 691 g/mol. The van der Waals surface area contributed by atoms with E-state index in [2.05, 4.69) is 26.2 Å². The Morgan fingerprint density at radius 1 is 0.977 bits per heavy atom. The van der Waals surface area contributed by atoms with Crippen LogP contribution in [0.2, 0.25) is 0 Å². The quantitative estimate of drug-likeness (QED) is 0.240. The van der Waals surface area contributed by atoms with Gasteiger partial charge in [-0.05, 0) is 54.1 Å². The number of nitrogens with one attached hydrogen (secondary N) is 2. The Morgan fingerprint density at radius 3 is 2.37 bits per heavy atom. The molecule has 3 amide bonds. The van der Waals surface area contributed by atoms with Crippen molar-refractivity contribution in [3.63, 3.8) is 0 Å². The first-order valence-electron chi connectivity index (χ1n) is 12.7. The minimum atomic E-state index is -4.63. The van der Waals surface area contributed by atoms with Crippen molar-refractivity contribution in [1.29, 1.82) is 0 Å². The summed E-state index contributed by atoms with van der Waals surface area (Å²) in [4.78, 5) is 56.2. The normalized spacial score (nSPS) is 19.6. The van der Waals surface area contributed by atoms with Gasteiger partial charge in [0.1, 0.15) is 11.0 Å². The van der Waals surface area contributed by atoms with Gasteiger partial charge in [-0.2, -0.15) is 13.2 Å². The van der Waals surface area contributed by atoms with Gasteiger partial charge in [0, 0.05) is 15.3 Å². The SMILES string of the molecule is O=C(COc1ccc([C@@H]2c3sc(=O)[nH]c3S[C@H]3C(=O)N(c4ccc(Br)cc4)C(=O)[C@@H]23)cc1)Nc1ccccc1C(F)(F)F. The van der Waals surface area contributed by atoms with Crippen molar-refractivity contribution in [1.82, 2.24) is 4.98 Å². The van der Waals surface area contributed by atoms with Gasteiger partial charge in [0.2, 0.25) is 11.8 Å². The van der Waals surface area contributed by atoms with Crippen LogP contribution in [0.15, 0.2) is 87.1 Å². The van der Waals surface area contributed by atoms with Crippen LogP contribution >= 0.6 is 39.0 Å². The van der Waals surface area contributed by atoms with Crippen molar-refractivity contribution < 1.29 is 32.3 Å². The number of aromatic amines is 1. The highest BCUT2D eigenvalue weighted by atomic mass is 79.9. The molecule has 2 aliphatic heterocycles. The summed E-state index contributed by atoms with van der Waals surface area (Å²) in [6.45, 7) is -0.547. The molecule has 1 saturated heterocycles. The van der Waals surface area contributed by atoms with Gasteiger partial charge in [-0.15, -0.1) is 0 Å². The molecule has 0 radical (unpaired) electrons. The second-order valence-corrected chi connectivity index (χ2v) is 12.8. The second-order valence-electron chi connectivity index (χ2n) is 9.69. The van der Waals surface area contributed by atoms with Crippen molar-refractivity contribution in [2.45, 2.75) is 22.4 Å². The number of thioether (sulfide) groups is 1. The van der Waals surface area contributed by atoms with E-state index in [1.807, 2.05) is 0 Å². The first kappa shape index (κ1) is 29.2. The smallest absolute Gasteiger partial charge is 0.418 e. The molecular formula is C29H19BrF3N3O5S2. The minimum Gasteiger partial charge on any atom is -0.484 e. The molecule has 0 bridgehead atoms. The molecule has 220 valence electrons. The Kier molecular flexibility index (Phi) is 7.69. The van der Waals surface area contributed by atoms with Gasteiger partial charge in [-0.1, -0.05) is 63.3 Å². The number of para-hydroxylation sites is 1. The second kappa shape index (κ2) is 11.3. The molecule has 0 aliphatic carbocycles. The molecule has 1 fully saturated rings. The molecule has 2 N–H and O–H groups in total. The van der Waals surface area contributed by atoms with Crippen molar-refractivity contribution >= 4 is 68.1 Å². The number of nitrogens with zero attached hydrogens (tertiary/aromatic N) is 1. The van der Waals surface area contributed by atoms with Gasteiger partial charge >= 0.3 is 11.0 Å². The molecule has 6 rings (SSSR count). The number of amides is 3. The first-order chi connectivity index (χ1) is 20.5. The number of alkyl halides is 3. The van der Waals surface area contributed by atoms with Gasteiger partial charge in [0.15, 0.2) is 6.61 Å². The van der Waals surface area contributed by atoms with Crippen molar-refractivity contribution in [2.24, 2.45) is 5.92 Å². The lowest BCUT2D eigenvalue weighted by molar-refractivity contribution is -0.137. The zero-order chi connectivity index (χ0) is 30.5. The first-order valence-corrected chi connectivity index (χ1v) is 15.2. The molecule has 3 atom stereocenters. The lowest BCUT2D eigenvalue weighted by atomic mass is 9.83. The minimum absolute atomic E-state index is 0.262. The number of hydrogen-bond donors (Lipinski definition) is 2. The summed E-state index contributed by atoms with van der Waals surface area (Å²) in [5, 5.41) is 2.01. The van der Waals surface area contributed by atoms with Gasteiger partial charge in [-0.3, -0.25) is 19.2 Å². The van der Waals surface area contributed by atoms with E-state index >= 15 is 0 Å². The number of aromatic nitrogens is 1. The van der Waals surface area contributed by atoms with Crippen molar-refractivity contribution in [3.8, 4) is 5.75 Å². The molecule has 0 spiro atoms. The maximum absolute atomic E-state index is 13.8. The Hall–Kier alpha value is -3.88. The van der Waals surface area contributed by atoms with Crippen LogP contribution in [0.3, 0.4) is 0 Å². The average Bonchev–Trinajstić information content (AvgIpc) is 3.46. The fraction of sp³-hybridized carbons (Fsp3) is 0.172. The van der Waals surface area contributed by atoms with E-state index in [9.17, 15) is 32.3 Å². The number of benzene rings is 3. The highest BCUT2D eigenvalue weighted by Gasteiger charge is 2.56. The number of hydrogen-bond acceptors (Lipinski definition) is 7. The molecule has 0 saturated carbocycles. The standard InChI is InChI=1S/C29H19BrF3N3O5S2/c30-15-7-9-16(10-8-15)36-26(38)22-21(23-25(35-28(40)43-23)42-24(22)27(36)39)14-5-11-17(12-6-14)41-13-20(37)34-19-4-2-1-3-18(19)29(31,32)33/h1-12,21-22,24H,13H2,(H,34,37)(H,35,40)/t21-,22-,24+/m0/s1. The summed E-state index contributed by atoms with van der Waals surface area (Å²) in [6.07, 6.45) is -4.63. The molecular weight excluding hydrogens is 671 g/mol. The van der Waals surface area contributed by atoms with E-state index in [1.54, 1.807) is 48.5 Å². The number of thiazole rings is 1. The molecule has 3 heterocycles. The maximum Gasteiger partial charge on any atom is 0.418 e. The van der Waals surface area contributed by atoms with Crippen LogP contribution in [0.4, 0.5) is 24.5 Å². The molecule has 2 aliphatic rings. The van der Waals surface area contributed by atoms with E-state index in [0.717, 1.165) is 27.9 Å². The molecule has 4 aromatic rings. The number of carbonyl (C=O) groups is 3. The van der Waals surface area contributed by atoms with E-state index in [-0.39, 0.29) is 28.1 Å². The summed E-state index contributed by atoms with van der Waals surface area (Å²) in [7, 11) is 0. The van der Waals surface area contributed by atoms with E-state index < -0.39 is 41.3 Å². The molecule has 1 aromatic heterocycles. The van der Waals surface area contributed by atoms with Crippen LogP contribution in [0.5, 0.6) is 5.75 Å². The van der Waals surface area contributed by atoms with Crippen LogP contribution in [0.25, 0.3) is 0 Å². The summed E-state index contributed by atoms with van der Waals surface area (Å²) < 4.78 is 46.0.